The summed E-state index contributed by atoms with van der Waals surface area (Å²) in [6.07, 6.45) is 5.57. The number of aromatic nitrogens is 4. The van der Waals surface area contributed by atoms with E-state index in [-0.39, 0.29) is 17.9 Å². The molecule has 0 bridgehead atoms. The van der Waals surface area contributed by atoms with E-state index in [1.807, 2.05) is 12.1 Å². The predicted molar refractivity (Wildman–Crippen MR) is 84.8 cm³/mol. The summed E-state index contributed by atoms with van der Waals surface area (Å²) < 4.78 is 16.1. The number of nitrogens with zero attached hydrogens (tertiary/aromatic N) is 4. The van der Waals surface area contributed by atoms with Crippen molar-refractivity contribution in [2.45, 2.75) is 18.5 Å². The van der Waals surface area contributed by atoms with E-state index in [1.165, 1.54) is 12.4 Å². The molecule has 3 heterocycles. The van der Waals surface area contributed by atoms with Crippen LogP contribution in [0, 0.1) is 5.82 Å². The van der Waals surface area contributed by atoms with Crippen LogP contribution in [0.1, 0.15) is 29.6 Å². The van der Waals surface area contributed by atoms with Crippen LogP contribution in [-0.2, 0) is 0 Å². The molecule has 5 nitrogen and oxygen atoms in total. The van der Waals surface area contributed by atoms with Crippen molar-refractivity contribution < 1.29 is 4.39 Å². The molecular weight excluding hydrogens is 317 g/mol. The summed E-state index contributed by atoms with van der Waals surface area (Å²) in [5.41, 5.74) is 1.45. The zero-order valence-corrected chi connectivity index (χ0v) is 12.8. The minimum atomic E-state index is -0.337. The summed E-state index contributed by atoms with van der Waals surface area (Å²) in [5, 5.41) is 7.93. The van der Waals surface area contributed by atoms with Crippen molar-refractivity contribution >= 4 is 17.5 Å². The zero-order valence-electron chi connectivity index (χ0n) is 12.0. The van der Waals surface area contributed by atoms with Gasteiger partial charge in [0.15, 0.2) is 0 Å². The Bertz CT molecular complexity index is 815. The van der Waals surface area contributed by atoms with E-state index < -0.39 is 0 Å². The molecule has 0 aliphatic carbocycles. The van der Waals surface area contributed by atoms with E-state index in [0.717, 1.165) is 5.56 Å². The van der Waals surface area contributed by atoms with Gasteiger partial charge in [0, 0.05) is 23.0 Å². The van der Waals surface area contributed by atoms with Crippen LogP contribution in [0.15, 0.2) is 49.1 Å². The number of hydrogen-bond donors (Lipinski definition) is 1. The molecule has 1 N–H and O–H groups in total. The minimum absolute atomic E-state index is 0.0407. The molecule has 2 atom stereocenters. The second-order valence-electron chi connectivity index (χ2n) is 5.40. The fourth-order valence-electron chi connectivity index (χ4n) is 2.99. The molecule has 1 aliphatic rings. The monoisotopic (exact) mass is 329 g/mol. The standard InChI is InChI=1S/C16H13ClFN5/c17-11-4-1-5-12(18)15(11)14-7-13(10-3-2-6-19-8-10)22-16-20-9-21-23(14)16/h1-6,8-9,13-14H,7H2,(H,20,21,22)/t13-,14-/m0/s1. The Hall–Kier alpha value is -2.47. The number of fused-ring (bicyclic) bond motifs is 1. The van der Waals surface area contributed by atoms with Gasteiger partial charge in [-0.2, -0.15) is 10.1 Å². The van der Waals surface area contributed by atoms with Gasteiger partial charge in [-0.1, -0.05) is 23.7 Å². The van der Waals surface area contributed by atoms with E-state index >= 15 is 0 Å². The maximum Gasteiger partial charge on any atom is 0.222 e. The highest BCUT2D eigenvalue weighted by Gasteiger charge is 2.32. The molecule has 0 amide bonds. The number of halogens is 2. The van der Waals surface area contributed by atoms with Crippen LogP contribution in [0.2, 0.25) is 5.02 Å². The van der Waals surface area contributed by atoms with Gasteiger partial charge in [0.1, 0.15) is 12.1 Å². The molecule has 0 saturated heterocycles. The third-order valence-electron chi connectivity index (χ3n) is 4.05. The van der Waals surface area contributed by atoms with Gasteiger partial charge in [0.05, 0.1) is 12.1 Å². The van der Waals surface area contributed by atoms with Crippen LogP contribution in [0.25, 0.3) is 0 Å². The topological polar surface area (TPSA) is 55.6 Å². The molecule has 0 saturated carbocycles. The van der Waals surface area contributed by atoms with Crippen molar-refractivity contribution in [2.75, 3.05) is 5.32 Å². The largest absolute Gasteiger partial charge is 0.347 e. The van der Waals surface area contributed by atoms with E-state index in [4.69, 9.17) is 11.6 Å². The summed E-state index contributed by atoms with van der Waals surface area (Å²) >= 11 is 6.26. The van der Waals surface area contributed by atoms with Crippen molar-refractivity contribution in [2.24, 2.45) is 0 Å². The van der Waals surface area contributed by atoms with Crippen molar-refractivity contribution in [1.82, 2.24) is 19.7 Å². The van der Waals surface area contributed by atoms with Crippen molar-refractivity contribution in [3.8, 4) is 0 Å². The smallest absolute Gasteiger partial charge is 0.222 e. The normalized spacial score (nSPS) is 19.9. The molecule has 0 radical (unpaired) electrons. The first-order valence-electron chi connectivity index (χ1n) is 7.24. The summed E-state index contributed by atoms with van der Waals surface area (Å²) in [7, 11) is 0. The summed E-state index contributed by atoms with van der Waals surface area (Å²) in [4.78, 5) is 8.38. The molecule has 0 unspecified atom stereocenters. The lowest BCUT2D eigenvalue weighted by molar-refractivity contribution is 0.415. The molecule has 3 aromatic rings. The van der Waals surface area contributed by atoms with Gasteiger partial charge in [-0.3, -0.25) is 4.98 Å². The third kappa shape index (κ3) is 2.45. The summed E-state index contributed by atoms with van der Waals surface area (Å²) in [5.74, 6) is 0.255. The third-order valence-corrected chi connectivity index (χ3v) is 4.38. The van der Waals surface area contributed by atoms with Gasteiger partial charge >= 0.3 is 0 Å². The minimum Gasteiger partial charge on any atom is -0.347 e. The fourth-order valence-corrected chi connectivity index (χ4v) is 3.28. The Labute approximate surface area is 137 Å². The van der Waals surface area contributed by atoms with E-state index in [1.54, 1.807) is 29.2 Å². The van der Waals surface area contributed by atoms with Crippen molar-refractivity contribution in [3.05, 3.63) is 71.0 Å². The van der Waals surface area contributed by atoms with Gasteiger partial charge in [0.2, 0.25) is 5.95 Å². The Balaban J connectivity index is 1.80. The number of hydrogen-bond acceptors (Lipinski definition) is 4. The summed E-state index contributed by atoms with van der Waals surface area (Å²) in [6, 6.07) is 8.20. The molecule has 116 valence electrons. The lowest BCUT2D eigenvalue weighted by Crippen LogP contribution is -2.28. The Morgan fingerprint density at radius 3 is 2.96 bits per heavy atom. The maximum absolute atomic E-state index is 14.4. The fraction of sp³-hybridized carbons (Fsp3) is 0.188. The van der Waals surface area contributed by atoms with E-state index in [9.17, 15) is 4.39 Å². The molecule has 0 fully saturated rings. The number of anilines is 1. The zero-order chi connectivity index (χ0) is 15.8. The Morgan fingerprint density at radius 1 is 1.26 bits per heavy atom. The number of pyridine rings is 1. The van der Waals surface area contributed by atoms with Crippen LogP contribution < -0.4 is 5.32 Å². The first kappa shape index (κ1) is 14.1. The SMILES string of the molecule is Fc1cccc(Cl)c1[C@@H]1C[C@@H](c2cccnc2)Nc2ncnn21. The van der Waals surface area contributed by atoms with Crippen molar-refractivity contribution in [1.29, 1.82) is 0 Å². The van der Waals surface area contributed by atoms with Crippen molar-refractivity contribution in [3.63, 3.8) is 0 Å². The highest BCUT2D eigenvalue weighted by molar-refractivity contribution is 6.31. The number of rotatable bonds is 2. The second kappa shape index (κ2) is 5.62. The molecular formula is C16H13ClFN5. The van der Waals surface area contributed by atoms with Gasteiger partial charge in [-0.05, 0) is 30.2 Å². The lowest BCUT2D eigenvalue weighted by atomic mass is 9.94. The first-order valence-corrected chi connectivity index (χ1v) is 7.61. The number of nitrogens with one attached hydrogen (secondary N) is 1. The van der Waals surface area contributed by atoms with Crippen LogP contribution in [0.3, 0.4) is 0 Å². The average Bonchev–Trinajstić information content (AvgIpc) is 3.04. The van der Waals surface area contributed by atoms with Gasteiger partial charge < -0.3 is 5.32 Å². The summed E-state index contributed by atoms with van der Waals surface area (Å²) in [6.45, 7) is 0. The Kier molecular flexibility index (Phi) is 3.46. The van der Waals surface area contributed by atoms with Crippen LogP contribution >= 0.6 is 11.6 Å². The second-order valence-corrected chi connectivity index (χ2v) is 5.81. The van der Waals surface area contributed by atoms with E-state index in [0.29, 0.717) is 23.0 Å². The molecule has 0 spiro atoms. The number of benzene rings is 1. The van der Waals surface area contributed by atoms with Crippen LogP contribution in [-0.4, -0.2) is 19.7 Å². The average molecular weight is 330 g/mol. The maximum atomic E-state index is 14.4. The highest BCUT2D eigenvalue weighted by atomic mass is 35.5. The molecule has 23 heavy (non-hydrogen) atoms. The quantitative estimate of drug-likeness (QED) is 0.780. The van der Waals surface area contributed by atoms with Crippen LogP contribution in [0.5, 0.6) is 0 Å². The lowest BCUT2D eigenvalue weighted by Gasteiger charge is -2.32. The van der Waals surface area contributed by atoms with Gasteiger partial charge in [-0.15, -0.1) is 0 Å². The van der Waals surface area contributed by atoms with Gasteiger partial charge in [0.25, 0.3) is 0 Å². The highest BCUT2D eigenvalue weighted by Crippen LogP contribution is 2.40. The first-order chi connectivity index (χ1) is 11.2. The molecule has 1 aliphatic heterocycles. The van der Waals surface area contributed by atoms with Gasteiger partial charge in [-0.25, -0.2) is 9.07 Å². The van der Waals surface area contributed by atoms with E-state index in [2.05, 4.69) is 20.4 Å². The van der Waals surface area contributed by atoms with Crippen LogP contribution in [0.4, 0.5) is 10.3 Å². The predicted octanol–water partition coefficient (Wildman–Crippen LogP) is 3.61. The molecule has 1 aromatic carbocycles. The molecule has 7 heteroatoms. The molecule has 4 rings (SSSR count). The Morgan fingerprint density at radius 2 is 2.17 bits per heavy atom. The molecule has 2 aromatic heterocycles.